The van der Waals surface area contributed by atoms with E-state index in [2.05, 4.69) is 38.4 Å². The van der Waals surface area contributed by atoms with Gasteiger partial charge in [-0.1, -0.05) is 62.2 Å². The predicted molar refractivity (Wildman–Crippen MR) is 151 cm³/mol. The Bertz CT molecular complexity index is 1340. The Morgan fingerprint density at radius 3 is 2.47 bits per heavy atom. The summed E-state index contributed by atoms with van der Waals surface area (Å²) in [6.07, 6.45) is 4.06. The number of carbonyl (C=O) groups is 2. The summed E-state index contributed by atoms with van der Waals surface area (Å²) >= 11 is 7.81. The van der Waals surface area contributed by atoms with E-state index in [1.165, 1.54) is 4.90 Å². The molecule has 1 fully saturated rings. The van der Waals surface area contributed by atoms with Crippen LogP contribution in [0.5, 0.6) is 11.5 Å². The van der Waals surface area contributed by atoms with Gasteiger partial charge in [-0.05, 0) is 77.3 Å². The molecule has 1 aliphatic rings. The van der Waals surface area contributed by atoms with Gasteiger partial charge in [0.1, 0.15) is 6.61 Å². The third-order valence-electron chi connectivity index (χ3n) is 5.44. The van der Waals surface area contributed by atoms with Gasteiger partial charge in [0.25, 0.3) is 11.1 Å². The van der Waals surface area contributed by atoms with Crippen molar-refractivity contribution < 1.29 is 19.1 Å². The molecule has 3 aromatic carbocycles. The van der Waals surface area contributed by atoms with Crippen molar-refractivity contribution in [1.29, 1.82) is 0 Å². The number of imide groups is 1. The fraction of sp³-hybridized carbons (Fsp3) is 0.143. The van der Waals surface area contributed by atoms with Crippen LogP contribution in [0.2, 0.25) is 0 Å². The number of rotatable bonds is 9. The molecule has 8 heteroatoms. The molecule has 1 saturated heterocycles. The highest BCUT2D eigenvalue weighted by atomic mass is 79.9. The van der Waals surface area contributed by atoms with Gasteiger partial charge in [-0.25, -0.2) is 0 Å². The van der Waals surface area contributed by atoms with Crippen LogP contribution in [0, 0.1) is 0 Å². The Hall–Kier alpha value is -2.81. The minimum absolute atomic E-state index is 0.218. The first-order valence-corrected chi connectivity index (χ1v) is 13.5. The monoisotopic (exact) mass is 627 g/mol. The van der Waals surface area contributed by atoms with E-state index in [1.54, 1.807) is 19.3 Å². The zero-order valence-corrected chi connectivity index (χ0v) is 23.5. The second-order valence-electron chi connectivity index (χ2n) is 8.02. The normalized spacial score (nSPS) is 14.4. The van der Waals surface area contributed by atoms with Crippen molar-refractivity contribution in [3.05, 3.63) is 109 Å². The van der Waals surface area contributed by atoms with Gasteiger partial charge in [0.2, 0.25) is 0 Å². The molecule has 0 aromatic heterocycles. The molecule has 0 bridgehead atoms. The number of methoxy groups -OCH3 is 1. The molecule has 0 aliphatic carbocycles. The fourth-order valence-electron chi connectivity index (χ4n) is 3.73. The molecule has 0 radical (unpaired) electrons. The van der Waals surface area contributed by atoms with Gasteiger partial charge in [0.05, 0.1) is 18.6 Å². The van der Waals surface area contributed by atoms with Crippen molar-refractivity contribution in [1.82, 2.24) is 4.90 Å². The Balaban J connectivity index is 1.59. The molecule has 1 aliphatic heterocycles. The first-order valence-electron chi connectivity index (χ1n) is 11.1. The highest BCUT2D eigenvalue weighted by molar-refractivity contribution is 9.10. The largest absolute Gasteiger partial charge is 0.493 e. The fourth-order valence-corrected chi connectivity index (χ4v) is 5.28. The molecule has 0 unspecified atom stereocenters. The maximum atomic E-state index is 13.1. The van der Waals surface area contributed by atoms with E-state index < -0.39 is 0 Å². The number of hydrogen-bond acceptors (Lipinski definition) is 5. The third-order valence-corrected chi connectivity index (χ3v) is 7.37. The maximum absolute atomic E-state index is 13.1. The number of ether oxygens (including phenoxy) is 2. The zero-order chi connectivity index (χ0) is 25.7. The summed E-state index contributed by atoms with van der Waals surface area (Å²) in [5.74, 6) is 0.857. The molecule has 3 aromatic rings. The van der Waals surface area contributed by atoms with E-state index in [1.807, 2.05) is 60.7 Å². The predicted octanol–water partition coefficient (Wildman–Crippen LogP) is 7.76. The summed E-state index contributed by atoms with van der Waals surface area (Å²) in [5, 5.41) is -0.293. The third kappa shape index (κ3) is 6.30. The van der Waals surface area contributed by atoms with E-state index in [0.717, 1.165) is 43.0 Å². The van der Waals surface area contributed by atoms with Gasteiger partial charge in [-0.15, -0.1) is 6.58 Å². The minimum Gasteiger partial charge on any atom is -0.493 e. The first-order chi connectivity index (χ1) is 17.4. The van der Waals surface area contributed by atoms with Crippen LogP contribution >= 0.6 is 43.6 Å². The first kappa shape index (κ1) is 26.3. The Morgan fingerprint density at radius 1 is 1.00 bits per heavy atom. The van der Waals surface area contributed by atoms with Crippen molar-refractivity contribution >= 4 is 60.8 Å². The number of allylic oxidation sites excluding steroid dienone is 1. The van der Waals surface area contributed by atoms with Crippen molar-refractivity contribution in [2.45, 2.75) is 19.6 Å². The molecule has 5 nitrogen and oxygen atoms in total. The molecular formula is C28H23Br2NO4S. The van der Waals surface area contributed by atoms with E-state index in [4.69, 9.17) is 9.47 Å². The molecule has 2 amide bonds. The van der Waals surface area contributed by atoms with Crippen molar-refractivity contribution in [2.75, 3.05) is 7.11 Å². The number of nitrogens with zero attached hydrogens (tertiary/aromatic N) is 1. The lowest BCUT2D eigenvalue weighted by atomic mass is 10.0. The van der Waals surface area contributed by atoms with Gasteiger partial charge in [-0.3, -0.25) is 14.5 Å². The van der Waals surface area contributed by atoms with Gasteiger partial charge in [0, 0.05) is 14.5 Å². The average Bonchev–Trinajstić information content (AvgIpc) is 3.11. The van der Waals surface area contributed by atoms with Crippen LogP contribution < -0.4 is 9.47 Å². The molecule has 0 saturated carbocycles. The molecular weight excluding hydrogens is 606 g/mol. The van der Waals surface area contributed by atoms with Crippen LogP contribution in [0.4, 0.5) is 4.79 Å². The van der Waals surface area contributed by atoms with E-state index in [0.29, 0.717) is 29.4 Å². The molecule has 1 heterocycles. The number of carbonyl (C=O) groups excluding carboxylic acids is 2. The zero-order valence-electron chi connectivity index (χ0n) is 19.5. The van der Waals surface area contributed by atoms with Gasteiger partial charge in [-0.2, -0.15) is 0 Å². The summed E-state index contributed by atoms with van der Waals surface area (Å²) in [6.45, 7) is 4.46. The van der Waals surface area contributed by atoms with E-state index >= 15 is 0 Å². The Morgan fingerprint density at radius 2 is 1.78 bits per heavy atom. The highest BCUT2D eigenvalue weighted by Crippen LogP contribution is 2.38. The molecule has 0 spiro atoms. The van der Waals surface area contributed by atoms with Crippen LogP contribution in [0.3, 0.4) is 0 Å². The second-order valence-corrected chi connectivity index (χ2v) is 10.8. The lowest BCUT2D eigenvalue weighted by molar-refractivity contribution is -0.123. The lowest BCUT2D eigenvalue weighted by Crippen LogP contribution is -2.27. The van der Waals surface area contributed by atoms with Crippen LogP contribution in [-0.2, 0) is 24.4 Å². The van der Waals surface area contributed by atoms with E-state index in [9.17, 15) is 9.59 Å². The molecule has 36 heavy (non-hydrogen) atoms. The van der Waals surface area contributed by atoms with Crippen LogP contribution in [0.15, 0.2) is 87.2 Å². The summed E-state index contributed by atoms with van der Waals surface area (Å²) in [5.41, 5.74) is 3.51. The average molecular weight is 629 g/mol. The summed E-state index contributed by atoms with van der Waals surface area (Å²) in [7, 11) is 1.58. The van der Waals surface area contributed by atoms with Crippen molar-refractivity contribution in [3.8, 4) is 11.5 Å². The summed E-state index contributed by atoms with van der Waals surface area (Å²) in [4.78, 5) is 27.3. The van der Waals surface area contributed by atoms with Crippen LogP contribution in [0.1, 0.15) is 22.3 Å². The van der Waals surface area contributed by atoms with Crippen molar-refractivity contribution in [2.24, 2.45) is 0 Å². The molecule has 0 N–H and O–H groups in total. The molecule has 0 atom stereocenters. The van der Waals surface area contributed by atoms with Crippen LogP contribution in [-0.4, -0.2) is 23.2 Å². The number of amides is 2. The number of halogens is 2. The number of hydrogen-bond donors (Lipinski definition) is 0. The number of benzene rings is 3. The maximum Gasteiger partial charge on any atom is 0.293 e. The minimum atomic E-state index is -0.315. The SMILES string of the molecule is C=CCc1cc(/C=C2\SC(=O)N(Cc3cccc(Br)c3)C2=O)cc(OC)c1OCc1ccc(Br)cc1. The summed E-state index contributed by atoms with van der Waals surface area (Å²) < 4.78 is 13.7. The van der Waals surface area contributed by atoms with Crippen LogP contribution in [0.25, 0.3) is 6.08 Å². The van der Waals surface area contributed by atoms with E-state index in [-0.39, 0.29) is 17.7 Å². The van der Waals surface area contributed by atoms with Gasteiger partial charge >= 0.3 is 0 Å². The smallest absolute Gasteiger partial charge is 0.293 e. The quantitative estimate of drug-likeness (QED) is 0.179. The Kier molecular flexibility index (Phi) is 8.72. The van der Waals surface area contributed by atoms with Gasteiger partial charge < -0.3 is 9.47 Å². The summed E-state index contributed by atoms with van der Waals surface area (Å²) in [6, 6.07) is 19.2. The van der Waals surface area contributed by atoms with Gasteiger partial charge in [0.15, 0.2) is 11.5 Å². The topological polar surface area (TPSA) is 55.8 Å². The number of thioether (sulfide) groups is 1. The standard InChI is InChI=1S/C28H23Br2NO4S/c1-3-5-21-12-20(14-24(34-2)26(21)35-17-18-8-10-22(29)11-9-18)15-25-27(32)31(28(33)36-25)16-19-6-4-7-23(30)13-19/h3-4,6-15H,1,5,16-17H2,2H3/b25-15-. The van der Waals surface area contributed by atoms with Crippen molar-refractivity contribution in [3.63, 3.8) is 0 Å². The lowest BCUT2D eigenvalue weighted by Gasteiger charge is -2.16. The highest BCUT2D eigenvalue weighted by Gasteiger charge is 2.35. The molecule has 184 valence electrons. The second kappa shape index (κ2) is 12.0. The molecule has 4 rings (SSSR count). The Labute approximate surface area is 231 Å².